The third kappa shape index (κ3) is 5.50. The van der Waals surface area contributed by atoms with Crippen molar-refractivity contribution in [3.05, 3.63) is 50.5 Å². The molecule has 2 aliphatic rings. The molecule has 0 aliphatic carbocycles. The molecule has 0 spiro atoms. The first-order valence-corrected chi connectivity index (χ1v) is 12.8. The van der Waals surface area contributed by atoms with E-state index in [4.69, 9.17) is 0 Å². The molecular weight excluding hydrogens is 525 g/mol. The van der Waals surface area contributed by atoms with Gasteiger partial charge in [0.2, 0.25) is 5.91 Å². The number of alkyl halides is 3. The zero-order valence-electron chi connectivity index (χ0n) is 20.9. The molecule has 0 radical (unpaired) electrons. The van der Waals surface area contributed by atoms with E-state index in [1.165, 1.54) is 18.1 Å². The van der Waals surface area contributed by atoms with Gasteiger partial charge in [0, 0.05) is 33.2 Å². The average Bonchev–Trinajstić information content (AvgIpc) is 3.48. The van der Waals surface area contributed by atoms with Gasteiger partial charge in [-0.25, -0.2) is 9.99 Å². The standard InChI is InChI=1S/C24H27F3N6O4S/c1-12(10-29-20(35)18-13(2)30-22(38-18)21(36)28-3)19(34)31-17-16-6-5-15(24(25,26)27)9-14(16)11-32-7-4-8-33(32)23(17)37/h5-6,9,12,17H,4,7-8,10-11H2,1-3H3,(H,28,36)(H,29,35)(H,31,34)/t12-,17-/m1/s1. The molecule has 1 saturated heterocycles. The second-order valence-electron chi connectivity index (χ2n) is 9.18. The fourth-order valence-corrected chi connectivity index (χ4v) is 5.34. The molecule has 3 heterocycles. The summed E-state index contributed by atoms with van der Waals surface area (Å²) in [4.78, 5) is 55.1. The Bertz CT molecular complexity index is 1280. The van der Waals surface area contributed by atoms with Crippen LogP contribution in [0.5, 0.6) is 0 Å². The number of benzene rings is 1. The Hall–Kier alpha value is -3.52. The normalized spacial score (nSPS) is 18.3. The maximum atomic E-state index is 13.4. The van der Waals surface area contributed by atoms with Crippen molar-refractivity contribution in [2.24, 2.45) is 5.92 Å². The summed E-state index contributed by atoms with van der Waals surface area (Å²) in [5, 5.41) is 11.1. The zero-order chi connectivity index (χ0) is 27.8. The lowest BCUT2D eigenvalue weighted by molar-refractivity contribution is -0.148. The van der Waals surface area contributed by atoms with Crippen molar-refractivity contribution in [2.75, 3.05) is 26.7 Å². The minimum atomic E-state index is -4.54. The number of carbonyl (C=O) groups excluding carboxylic acids is 4. The van der Waals surface area contributed by atoms with Crippen molar-refractivity contribution in [1.29, 1.82) is 0 Å². The summed E-state index contributed by atoms with van der Waals surface area (Å²) in [6.45, 7) is 4.12. The maximum Gasteiger partial charge on any atom is 0.416 e. The van der Waals surface area contributed by atoms with Crippen molar-refractivity contribution in [3.8, 4) is 0 Å². The van der Waals surface area contributed by atoms with Gasteiger partial charge in [0.1, 0.15) is 10.9 Å². The smallest absolute Gasteiger partial charge is 0.353 e. The van der Waals surface area contributed by atoms with Crippen molar-refractivity contribution < 1.29 is 32.3 Å². The zero-order valence-corrected chi connectivity index (χ0v) is 21.8. The quantitative estimate of drug-likeness (QED) is 0.504. The van der Waals surface area contributed by atoms with Crippen LogP contribution < -0.4 is 16.0 Å². The third-order valence-corrected chi connectivity index (χ3v) is 7.65. The predicted molar refractivity (Wildman–Crippen MR) is 131 cm³/mol. The molecule has 0 saturated carbocycles. The van der Waals surface area contributed by atoms with Crippen LogP contribution in [0, 0.1) is 12.8 Å². The molecule has 2 aliphatic heterocycles. The first kappa shape index (κ1) is 27.5. The summed E-state index contributed by atoms with van der Waals surface area (Å²) >= 11 is 0.925. The summed E-state index contributed by atoms with van der Waals surface area (Å²) in [7, 11) is 1.45. The van der Waals surface area contributed by atoms with Crippen LogP contribution in [0.2, 0.25) is 0 Å². The van der Waals surface area contributed by atoms with Gasteiger partial charge in [-0.3, -0.25) is 24.2 Å². The van der Waals surface area contributed by atoms with Crippen LogP contribution in [0.25, 0.3) is 0 Å². The molecule has 4 rings (SSSR count). The number of hydrazine groups is 1. The van der Waals surface area contributed by atoms with E-state index in [9.17, 15) is 32.3 Å². The number of rotatable bonds is 6. The largest absolute Gasteiger partial charge is 0.416 e. The Morgan fingerprint density at radius 3 is 2.63 bits per heavy atom. The van der Waals surface area contributed by atoms with Gasteiger partial charge >= 0.3 is 6.18 Å². The highest BCUT2D eigenvalue weighted by atomic mass is 32.1. The van der Waals surface area contributed by atoms with Crippen molar-refractivity contribution in [2.45, 2.75) is 39.0 Å². The molecule has 10 nitrogen and oxygen atoms in total. The minimum absolute atomic E-state index is 0.0755. The molecular formula is C24H27F3N6O4S. The van der Waals surface area contributed by atoms with Gasteiger partial charge in [0.05, 0.1) is 17.2 Å². The minimum Gasteiger partial charge on any atom is -0.353 e. The van der Waals surface area contributed by atoms with E-state index >= 15 is 0 Å². The topological polar surface area (TPSA) is 124 Å². The molecule has 3 N–H and O–H groups in total. The highest BCUT2D eigenvalue weighted by molar-refractivity contribution is 7.15. The van der Waals surface area contributed by atoms with Gasteiger partial charge in [-0.05, 0) is 36.6 Å². The number of nitrogens with zero attached hydrogens (tertiary/aromatic N) is 3. The van der Waals surface area contributed by atoms with E-state index in [1.54, 1.807) is 18.9 Å². The first-order valence-electron chi connectivity index (χ1n) is 11.9. The van der Waals surface area contributed by atoms with Crippen molar-refractivity contribution in [1.82, 2.24) is 31.0 Å². The summed E-state index contributed by atoms with van der Waals surface area (Å²) in [5.41, 5.74) is 0.174. The lowest BCUT2D eigenvalue weighted by atomic mass is 9.96. The second kappa shape index (κ2) is 10.7. The SMILES string of the molecule is CNC(=O)c1nc(C)c(C(=O)NC[C@@H](C)C(=O)N[C@H]2C(=O)N3CCCN3Cc3cc(C(F)(F)F)ccc32)s1. The van der Waals surface area contributed by atoms with E-state index in [0.717, 1.165) is 23.5 Å². The van der Waals surface area contributed by atoms with Crippen LogP contribution in [-0.2, 0) is 22.3 Å². The van der Waals surface area contributed by atoms with E-state index in [-0.39, 0.29) is 23.0 Å². The Morgan fingerprint density at radius 2 is 1.95 bits per heavy atom. The fraction of sp³-hybridized carbons (Fsp3) is 0.458. The third-order valence-electron chi connectivity index (χ3n) is 6.49. The Morgan fingerprint density at radius 1 is 1.21 bits per heavy atom. The Kier molecular flexibility index (Phi) is 7.74. The number of carbonyl (C=O) groups is 4. The van der Waals surface area contributed by atoms with Gasteiger partial charge in [0.15, 0.2) is 5.01 Å². The van der Waals surface area contributed by atoms with E-state index < -0.39 is 47.3 Å². The number of fused-ring (bicyclic) bond motifs is 2. The second-order valence-corrected chi connectivity index (χ2v) is 10.2. The van der Waals surface area contributed by atoms with Crippen LogP contribution >= 0.6 is 11.3 Å². The highest BCUT2D eigenvalue weighted by Gasteiger charge is 2.40. The maximum absolute atomic E-state index is 13.4. The van der Waals surface area contributed by atoms with Gasteiger partial charge in [-0.2, -0.15) is 13.2 Å². The van der Waals surface area contributed by atoms with Crippen LogP contribution in [-0.4, -0.2) is 65.3 Å². The molecule has 0 bridgehead atoms. The molecule has 4 amide bonds. The first-order chi connectivity index (χ1) is 17.9. The van der Waals surface area contributed by atoms with Crippen molar-refractivity contribution >= 4 is 35.0 Å². The molecule has 2 aromatic rings. The number of aromatic nitrogens is 1. The molecule has 38 heavy (non-hydrogen) atoms. The van der Waals surface area contributed by atoms with E-state index in [2.05, 4.69) is 20.9 Å². The molecule has 1 fully saturated rings. The molecule has 204 valence electrons. The molecule has 0 unspecified atom stereocenters. The summed E-state index contributed by atoms with van der Waals surface area (Å²) in [6, 6.07) is 2.01. The number of halogens is 3. The van der Waals surface area contributed by atoms with E-state index in [0.29, 0.717) is 36.3 Å². The van der Waals surface area contributed by atoms with Gasteiger partial charge < -0.3 is 16.0 Å². The van der Waals surface area contributed by atoms with Gasteiger partial charge in [-0.15, -0.1) is 11.3 Å². The van der Waals surface area contributed by atoms with E-state index in [1.807, 2.05) is 0 Å². The average molecular weight is 553 g/mol. The summed E-state index contributed by atoms with van der Waals surface area (Å²) < 4.78 is 40.1. The van der Waals surface area contributed by atoms with Crippen LogP contribution in [0.3, 0.4) is 0 Å². The Labute approximate surface area is 220 Å². The van der Waals surface area contributed by atoms with Gasteiger partial charge in [-0.1, -0.05) is 13.0 Å². The monoisotopic (exact) mass is 552 g/mol. The van der Waals surface area contributed by atoms with Crippen molar-refractivity contribution in [3.63, 3.8) is 0 Å². The molecule has 14 heteroatoms. The van der Waals surface area contributed by atoms with Gasteiger partial charge in [0.25, 0.3) is 17.7 Å². The molecule has 2 atom stereocenters. The van der Waals surface area contributed by atoms with Crippen LogP contribution in [0.1, 0.15) is 61.2 Å². The number of amides is 4. The summed E-state index contributed by atoms with van der Waals surface area (Å²) in [6.07, 6.45) is -3.87. The molecule has 1 aromatic heterocycles. The predicted octanol–water partition coefficient (Wildman–Crippen LogP) is 2.02. The number of thiazole rings is 1. The van der Waals surface area contributed by atoms with Crippen LogP contribution in [0.4, 0.5) is 13.2 Å². The van der Waals surface area contributed by atoms with Crippen LogP contribution in [0.15, 0.2) is 18.2 Å². The summed E-state index contributed by atoms with van der Waals surface area (Å²) in [5.74, 6) is -2.66. The number of aryl methyl sites for hydroxylation is 1. The number of nitrogens with one attached hydrogen (secondary N) is 3. The lowest BCUT2D eigenvalue weighted by Crippen LogP contribution is -2.47. The Balaban J connectivity index is 1.48. The number of hydrogen-bond acceptors (Lipinski definition) is 7. The molecule has 1 aromatic carbocycles. The highest BCUT2D eigenvalue weighted by Crippen LogP contribution is 2.35. The number of hydrogen-bond donors (Lipinski definition) is 3. The fourth-order valence-electron chi connectivity index (χ4n) is 4.41. The lowest BCUT2D eigenvalue weighted by Gasteiger charge is -2.28.